The number of rotatable bonds is 4. The molecule has 0 spiro atoms. The van der Waals surface area contributed by atoms with Gasteiger partial charge >= 0.3 is 11.9 Å². The molecule has 0 fully saturated rings. The lowest BCUT2D eigenvalue weighted by atomic mass is 9.92. The fourth-order valence-electron chi connectivity index (χ4n) is 2.85. The largest absolute Gasteiger partial charge is 0.478 e. The van der Waals surface area contributed by atoms with E-state index >= 15 is 0 Å². The molecular formula is C21H15O4. The lowest BCUT2D eigenvalue weighted by Crippen LogP contribution is -2.01. The van der Waals surface area contributed by atoms with Gasteiger partial charge in [0.05, 0.1) is 11.1 Å². The van der Waals surface area contributed by atoms with E-state index in [9.17, 15) is 19.8 Å². The van der Waals surface area contributed by atoms with Gasteiger partial charge in [-0.05, 0) is 52.9 Å². The highest BCUT2D eigenvalue weighted by Crippen LogP contribution is 2.31. The number of hydrogen-bond donors (Lipinski definition) is 2. The van der Waals surface area contributed by atoms with Gasteiger partial charge in [0.15, 0.2) is 0 Å². The summed E-state index contributed by atoms with van der Waals surface area (Å²) in [7, 11) is 0. The predicted molar refractivity (Wildman–Crippen MR) is 95.7 cm³/mol. The Bertz CT molecular complexity index is 897. The van der Waals surface area contributed by atoms with Crippen LogP contribution in [0.5, 0.6) is 0 Å². The quantitative estimate of drug-likeness (QED) is 0.733. The maximum absolute atomic E-state index is 11.5. The van der Waals surface area contributed by atoms with Gasteiger partial charge in [0.25, 0.3) is 0 Å². The number of benzene rings is 3. The van der Waals surface area contributed by atoms with Gasteiger partial charge in [0, 0.05) is 0 Å². The molecule has 0 bridgehead atoms. The SMILES string of the molecule is [CH2]c1cc(-c2ccccc2C(=O)O)cc(-c2ccccc2C(=O)O)c1. The first kappa shape index (κ1) is 16.5. The highest BCUT2D eigenvalue weighted by Gasteiger charge is 2.15. The third-order valence-corrected chi connectivity index (χ3v) is 3.93. The third-order valence-electron chi connectivity index (χ3n) is 3.93. The Labute approximate surface area is 145 Å². The molecular weight excluding hydrogens is 316 g/mol. The zero-order chi connectivity index (χ0) is 18.0. The van der Waals surface area contributed by atoms with Crippen LogP contribution in [0.2, 0.25) is 0 Å². The van der Waals surface area contributed by atoms with E-state index in [1.807, 2.05) is 0 Å². The summed E-state index contributed by atoms with van der Waals surface area (Å²) in [5.74, 6) is -2.03. The summed E-state index contributed by atoms with van der Waals surface area (Å²) in [6, 6.07) is 18.8. The van der Waals surface area contributed by atoms with Crippen LogP contribution in [0.3, 0.4) is 0 Å². The van der Waals surface area contributed by atoms with Crippen LogP contribution >= 0.6 is 0 Å². The Morgan fingerprint density at radius 1 is 0.680 bits per heavy atom. The van der Waals surface area contributed by atoms with Crippen LogP contribution in [0.4, 0.5) is 0 Å². The average Bonchev–Trinajstić information content (AvgIpc) is 2.61. The van der Waals surface area contributed by atoms with Crippen LogP contribution in [0.1, 0.15) is 26.3 Å². The van der Waals surface area contributed by atoms with Gasteiger partial charge < -0.3 is 10.2 Å². The number of carbonyl (C=O) groups is 2. The Hall–Kier alpha value is -3.40. The van der Waals surface area contributed by atoms with E-state index in [-0.39, 0.29) is 11.1 Å². The molecule has 0 atom stereocenters. The summed E-state index contributed by atoms with van der Waals surface area (Å²) >= 11 is 0. The Balaban J connectivity index is 2.22. The van der Waals surface area contributed by atoms with Crippen LogP contribution < -0.4 is 0 Å². The second-order valence-electron chi connectivity index (χ2n) is 5.62. The van der Waals surface area contributed by atoms with E-state index in [0.29, 0.717) is 27.8 Å². The monoisotopic (exact) mass is 331 g/mol. The maximum atomic E-state index is 11.5. The zero-order valence-electron chi connectivity index (χ0n) is 13.3. The third kappa shape index (κ3) is 3.28. The van der Waals surface area contributed by atoms with Crippen LogP contribution in [0.15, 0.2) is 66.7 Å². The van der Waals surface area contributed by atoms with Crippen molar-refractivity contribution in [1.29, 1.82) is 0 Å². The molecule has 3 aromatic carbocycles. The summed E-state index contributed by atoms with van der Waals surface area (Å²) in [6.07, 6.45) is 0. The normalized spacial score (nSPS) is 10.4. The topological polar surface area (TPSA) is 74.6 Å². The molecule has 3 rings (SSSR count). The van der Waals surface area contributed by atoms with E-state index in [1.54, 1.807) is 54.6 Å². The predicted octanol–water partition coefficient (Wildman–Crippen LogP) is 4.60. The first-order valence-corrected chi connectivity index (χ1v) is 7.60. The first-order chi connectivity index (χ1) is 12.0. The maximum Gasteiger partial charge on any atom is 0.336 e. The molecule has 0 saturated heterocycles. The summed E-state index contributed by atoms with van der Waals surface area (Å²) in [6.45, 7) is 3.95. The number of hydrogen-bond acceptors (Lipinski definition) is 2. The molecule has 0 unspecified atom stereocenters. The van der Waals surface area contributed by atoms with Crippen molar-refractivity contribution < 1.29 is 19.8 Å². The highest BCUT2D eigenvalue weighted by atomic mass is 16.4. The van der Waals surface area contributed by atoms with Gasteiger partial charge in [-0.2, -0.15) is 0 Å². The van der Waals surface area contributed by atoms with Gasteiger partial charge in [-0.3, -0.25) is 0 Å². The van der Waals surface area contributed by atoms with E-state index in [2.05, 4.69) is 6.92 Å². The molecule has 0 aliphatic rings. The molecule has 0 aliphatic carbocycles. The average molecular weight is 331 g/mol. The molecule has 4 heteroatoms. The molecule has 0 heterocycles. The van der Waals surface area contributed by atoms with Gasteiger partial charge in [0.2, 0.25) is 0 Å². The van der Waals surface area contributed by atoms with Crippen LogP contribution in [0, 0.1) is 6.92 Å². The van der Waals surface area contributed by atoms with Crippen molar-refractivity contribution >= 4 is 11.9 Å². The number of aromatic carboxylic acids is 2. The van der Waals surface area contributed by atoms with Crippen molar-refractivity contribution in [3.8, 4) is 22.3 Å². The molecule has 123 valence electrons. The van der Waals surface area contributed by atoms with E-state index in [0.717, 1.165) is 0 Å². The van der Waals surface area contributed by atoms with Crippen molar-refractivity contribution in [2.75, 3.05) is 0 Å². The lowest BCUT2D eigenvalue weighted by molar-refractivity contribution is 0.0687. The Kier molecular flexibility index (Phi) is 4.35. The number of carboxylic acids is 2. The fourth-order valence-corrected chi connectivity index (χ4v) is 2.85. The van der Waals surface area contributed by atoms with Crippen LogP contribution in [-0.4, -0.2) is 22.2 Å². The van der Waals surface area contributed by atoms with Crippen molar-refractivity contribution in [3.63, 3.8) is 0 Å². The van der Waals surface area contributed by atoms with Crippen molar-refractivity contribution in [3.05, 3.63) is 90.3 Å². The smallest absolute Gasteiger partial charge is 0.336 e. The standard InChI is InChI=1S/C21H15O4/c1-13-10-14(16-6-2-4-8-18(16)20(22)23)12-15(11-13)17-7-3-5-9-19(17)21(24)25/h2-12H,1H2,(H,22,23)(H,24,25). The van der Waals surface area contributed by atoms with Crippen LogP contribution in [0.25, 0.3) is 22.3 Å². The molecule has 0 aliphatic heterocycles. The second-order valence-corrected chi connectivity index (χ2v) is 5.62. The van der Waals surface area contributed by atoms with Gasteiger partial charge in [0.1, 0.15) is 0 Å². The van der Waals surface area contributed by atoms with Crippen LogP contribution in [-0.2, 0) is 0 Å². The molecule has 1 radical (unpaired) electrons. The molecule has 2 N–H and O–H groups in total. The van der Waals surface area contributed by atoms with Gasteiger partial charge in [-0.25, -0.2) is 9.59 Å². The molecule has 25 heavy (non-hydrogen) atoms. The molecule has 0 saturated carbocycles. The molecule has 4 nitrogen and oxygen atoms in total. The molecule has 0 amide bonds. The summed E-state index contributed by atoms with van der Waals surface area (Å²) in [5.41, 5.74) is 3.54. The van der Waals surface area contributed by atoms with E-state index in [4.69, 9.17) is 0 Å². The minimum absolute atomic E-state index is 0.186. The summed E-state index contributed by atoms with van der Waals surface area (Å²) in [4.78, 5) is 23.0. The molecule has 0 aromatic heterocycles. The van der Waals surface area contributed by atoms with Gasteiger partial charge in [-0.1, -0.05) is 48.5 Å². The van der Waals surface area contributed by atoms with Crippen molar-refractivity contribution in [2.45, 2.75) is 0 Å². The minimum Gasteiger partial charge on any atom is -0.478 e. The Morgan fingerprint density at radius 2 is 1.08 bits per heavy atom. The summed E-state index contributed by atoms with van der Waals surface area (Å²) in [5, 5.41) is 18.8. The van der Waals surface area contributed by atoms with Gasteiger partial charge in [-0.15, -0.1) is 0 Å². The first-order valence-electron chi connectivity index (χ1n) is 7.60. The zero-order valence-corrected chi connectivity index (χ0v) is 13.3. The van der Waals surface area contributed by atoms with E-state index < -0.39 is 11.9 Å². The van der Waals surface area contributed by atoms with Crippen molar-refractivity contribution in [2.24, 2.45) is 0 Å². The second kappa shape index (κ2) is 6.61. The number of carboxylic acid groups (broad SMARTS) is 2. The van der Waals surface area contributed by atoms with Crippen molar-refractivity contribution in [1.82, 2.24) is 0 Å². The lowest BCUT2D eigenvalue weighted by Gasteiger charge is -2.12. The Morgan fingerprint density at radius 3 is 1.48 bits per heavy atom. The summed E-state index contributed by atoms with van der Waals surface area (Å²) < 4.78 is 0. The highest BCUT2D eigenvalue weighted by molar-refractivity contribution is 5.98. The fraction of sp³-hybridized carbons (Fsp3) is 0. The van der Waals surface area contributed by atoms with E-state index in [1.165, 1.54) is 12.1 Å². The minimum atomic E-state index is -1.02. The molecule has 3 aromatic rings.